The smallest absolute Gasteiger partial charge is 0.274 e. The first kappa shape index (κ1) is 24.8. The monoisotopic (exact) mass is 498 g/mol. The predicted molar refractivity (Wildman–Crippen MR) is 143 cm³/mol. The zero-order valence-electron chi connectivity index (χ0n) is 21.2. The number of rotatable bonds is 7. The molecule has 0 N–H and O–H groups in total. The van der Waals surface area contributed by atoms with Gasteiger partial charge in [-0.05, 0) is 104 Å². The average molecular weight is 499 g/mol. The normalized spacial score (nSPS) is 19.9. The van der Waals surface area contributed by atoms with Crippen molar-refractivity contribution in [3.8, 4) is 11.5 Å². The minimum atomic E-state index is -0.374. The van der Waals surface area contributed by atoms with Gasteiger partial charge in [0.15, 0.2) is 0 Å². The fourth-order valence-electron chi connectivity index (χ4n) is 5.18. The molecule has 3 aromatic carbocycles. The Morgan fingerprint density at radius 1 is 0.946 bits per heavy atom. The second kappa shape index (κ2) is 11.0. The third-order valence-corrected chi connectivity index (χ3v) is 6.87. The van der Waals surface area contributed by atoms with Crippen molar-refractivity contribution in [1.82, 2.24) is 5.01 Å². The van der Waals surface area contributed by atoms with Crippen LogP contribution in [0.4, 0.5) is 4.39 Å². The van der Waals surface area contributed by atoms with Gasteiger partial charge in [0.05, 0.1) is 25.0 Å². The number of hydrogen-bond acceptors (Lipinski definition) is 4. The van der Waals surface area contributed by atoms with Crippen LogP contribution < -0.4 is 9.47 Å². The van der Waals surface area contributed by atoms with E-state index in [-0.39, 0.29) is 23.7 Å². The number of nitrogens with zero attached hydrogens (tertiary/aromatic N) is 2. The molecule has 2 atom stereocenters. The molecule has 2 unspecified atom stereocenters. The number of hydrazone groups is 1. The first-order valence-electron chi connectivity index (χ1n) is 12.9. The Morgan fingerprint density at radius 2 is 1.57 bits per heavy atom. The summed E-state index contributed by atoms with van der Waals surface area (Å²) in [6.45, 7) is 5.14. The minimum absolute atomic E-state index is 0.0741. The minimum Gasteiger partial charge on any atom is -0.494 e. The summed E-state index contributed by atoms with van der Waals surface area (Å²) in [5.74, 6) is 1.10. The lowest BCUT2D eigenvalue weighted by molar-refractivity contribution is 0.0681. The summed E-state index contributed by atoms with van der Waals surface area (Å²) in [7, 11) is 0. The van der Waals surface area contributed by atoms with Gasteiger partial charge in [0.2, 0.25) is 0 Å². The SMILES string of the molecule is CCOc1ccc(/C=C2\CCCC3C2=NN(C(=O)c2ccc(F)cc2)C3c2ccc(OCC)cc2)cc1. The largest absolute Gasteiger partial charge is 0.494 e. The number of amides is 1. The van der Waals surface area contributed by atoms with Gasteiger partial charge in [-0.2, -0.15) is 5.10 Å². The molecule has 1 amide bonds. The van der Waals surface area contributed by atoms with Gasteiger partial charge in [-0.1, -0.05) is 24.3 Å². The van der Waals surface area contributed by atoms with Crippen LogP contribution in [0.25, 0.3) is 6.08 Å². The molecule has 6 heteroatoms. The van der Waals surface area contributed by atoms with Crippen LogP contribution in [0, 0.1) is 11.7 Å². The third kappa shape index (κ3) is 5.29. The lowest BCUT2D eigenvalue weighted by Crippen LogP contribution is -2.31. The number of allylic oxidation sites excluding steroid dienone is 1. The number of benzene rings is 3. The van der Waals surface area contributed by atoms with Gasteiger partial charge in [-0.15, -0.1) is 0 Å². The Morgan fingerprint density at radius 3 is 2.19 bits per heavy atom. The molecule has 0 bridgehead atoms. The van der Waals surface area contributed by atoms with Crippen LogP contribution in [0.3, 0.4) is 0 Å². The molecule has 0 spiro atoms. The van der Waals surface area contributed by atoms with Crippen LogP contribution in [0.1, 0.15) is 60.6 Å². The Kier molecular flexibility index (Phi) is 7.35. The van der Waals surface area contributed by atoms with E-state index in [1.54, 1.807) is 5.01 Å². The molecule has 37 heavy (non-hydrogen) atoms. The molecule has 1 fully saturated rings. The highest BCUT2D eigenvalue weighted by molar-refractivity contribution is 6.09. The Hall–Kier alpha value is -3.93. The van der Waals surface area contributed by atoms with Crippen molar-refractivity contribution in [2.75, 3.05) is 13.2 Å². The second-order valence-electron chi connectivity index (χ2n) is 9.26. The number of halogens is 1. The summed E-state index contributed by atoms with van der Waals surface area (Å²) in [6, 6.07) is 21.4. The van der Waals surface area contributed by atoms with Gasteiger partial charge in [0.1, 0.15) is 17.3 Å². The van der Waals surface area contributed by atoms with E-state index in [2.05, 4.69) is 6.08 Å². The molecule has 0 radical (unpaired) electrons. The van der Waals surface area contributed by atoms with Gasteiger partial charge in [-0.3, -0.25) is 4.79 Å². The summed E-state index contributed by atoms with van der Waals surface area (Å²) < 4.78 is 24.8. The van der Waals surface area contributed by atoms with Gasteiger partial charge >= 0.3 is 0 Å². The molecule has 190 valence electrons. The predicted octanol–water partition coefficient (Wildman–Crippen LogP) is 7.06. The first-order valence-corrected chi connectivity index (χ1v) is 12.9. The molecule has 1 saturated carbocycles. The maximum Gasteiger partial charge on any atom is 0.274 e. The van der Waals surface area contributed by atoms with E-state index in [9.17, 15) is 9.18 Å². The Bertz CT molecular complexity index is 1300. The van der Waals surface area contributed by atoms with Gasteiger partial charge < -0.3 is 9.47 Å². The molecule has 1 heterocycles. The zero-order chi connectivity index (χ0) is 25.8. The molecular weight excluding hydrogens is 467 g/mol. The topological polar surface area (TPSA) is 51.1 Å². The van der Waals surface area contributed by atoms with Gasteiger partial charge in [0, 0.05) is 11.5 Å². The zero-order valence-corrected chi connectivity index (χ0v) is 21.2. The van der Waals surface area contributed by atoms with E-state index in [0.717, 1.165) is 53.2 Å². The molecule has 2 aliphatic rings. The summed E-state index contributed by atoms with van der Waals surface area (Å²) in [5.41, 5.74) is 4.59. The maximum absolute atomic E-state index is 13.7. The van der Waals surface area contributed by atoms with E-state index in [0.29, 0.717) is 18.8 Å². The maximum atomic E-state index is 13.7. The van der Waals surface area contributed by atoms with Crippen molar-refractivity contribution in [2.45, 2.75) is 39.2 Å². The number of carbonyl (C=O) groups excluding carboxylic acids is 1. The highest BCUT2D eigenvalue weighted by Gasteiger charge is 2.44. The molecule has 1 aliphatic carbocycles. The van der Waals surface area contributed by atoms with E-state index in [1.165, 1.54) is 24.3 Å². The molecule has 0 saturated heterocycles. The average Bonchev–Trinajstić information content (AvgIpc) is 3.31. The van der Waals surface area contributed by atoms with Crippen LogP contribution in [0.5, 0.6) is 11.5 Å². The number of ether oxygens (including phenoxy) is 2. The second-order valence-corrected chi connectivity index (χ2v) is 9.26. The van der Waals surface area contributed by atoms with E-state index in [4.69, 9.17) is 14.6 Å². The molecule has 3 aromatic rings. The molecule has 1 aliphatic heterocycles. The van der Waals surface area contributed by atoms with Crippen molar-refractivity contribution in [3.63, 3.8) is 0 Å². The summed E-state index contributed by atoms with van der Waals surface area (Å²) in [5, 5.41) is 6.53. The van der Waals surface area contributed by atoms with Crippen LogP contribution in [-0.2, 0) is 0 Å². The standard InChI is InChI=1S/C31H31FN2O3/c1-3-36-26-16-8-21(9-17-26)20-24-6-5-7-28-29(24)33-34(31(35)23-10-14-25(32)15-11-23)30(28)22-12-18-27(19-13-22)37-4-2/h8-20,28,30H,3-7H2,1-2H3/b24-20+. The number of fused-ring (bicyclic) bond motifs is 1. The van der Waals surface area contributed by atoms with Crippen molar-refractivity contribution in [3.05, 3.63) is 101 Å². The first-order chi connectivity index (χ1) is 18.1. The van der Waals surface area contributed by atoms with Crippen LogP contribution >= 0.6 is 0 Å². The lowest BCUT2D eigenvalue weighted by atomic mass is 9.77. The van der Waals surface area contributed by atoms with Gasteiger partial charge in [-0.25, -0.2) is 9.40 Å². The molecule has 5 nitrogen and oxygen atoms in total. The quantitative estimate of drug-likeness (QED) is 0.350. The van der Waals surface area contributed by atoms with Crippen molar-refractivity contribution in [2.24, 2.45) is 11.0 Å². The lowest BCUT2D eigenvalue weighted by Gasteiger charge is -2.29. The highest BCUT2D eigenvalue weighted by atomic mass is 19.1. The Balaban J connectivity index is 1.52. The van der Waals surface area contributed by atoms with Gasteiger partial charge in [0.25, 0.3) is 5.91 Å². The molecular formula is C31H31FN2O3. The van der Waals surface area contributed by atoms with E-state index >= 15 is 0 Å². The fourth-order valence-corrected chi connectivity index (χ4v) is 5.18. The van der Waals surface area contributed by atoms with Crippen molar-refractivity contribution in [1.29, 1.82) is 0 Å². The van der Waals surface area contributed by atoms with Crippen molar-refractivity contribution >= 4 is 17.7 Å². The molecule has 0 aromatic heterocycles. The van der Waals surface area contributed by atoms with E-state index < -0.39 is 0 Å². The fraction of sp³-hybridized carbons (Fsp3) is 0.290. The summed E-state index contributed by atoms with van der Waals surface area (Å²) in [4.78, 5) is 13.7. The Labute approximate surface area is 217 Å². The highest BCUT2D eigenvalue weighted by Crippen LogP contribution is 2.45. The van der Waals surface area contributed by atoms with Crippen molar-refractivity contribution < 1.29 is 18.7 Å². The van der Waals surface area contributed by atoms with Crippen LogP contribution in [0.2, 0.25) is 0 Å². The third-order valence-electron chi connectivity index (χ3n) is 6.87. The number of carbonyl (C=O) groups is 1. The summed E-state index contributed by atoms with van der Waals surface area (Å²) in [6.07, 6.45) is 5.02. The number of hydrogen-bond donors (Lipinski definition) is 0. The molecule has 5 rings (SSSR count). The van der Waals surface area contributed by atoms with Crippen LogP contribution in [0.15, 0.2) is 83.5 Å². The van der Waals surface area contributed by atoms with E-state index in [1.807, 2.05) is 62.4 Å². The summed E-state index contributed by atoms with van der Waals surface area (Å²) >= 11 is 0. The van der Waals surface area contributed by atoms with Crippen LogP contribution in [-0.4, -0.2) is 29.8 Å².